The molecule has 1 aliphatic heterocycles. The second-order valence-electron chi connectivity index (χ2n) is 6.16. The van der Waals surface area contributed by atoms with E-state index >= 15 is 0 Å². The van der Waals surface area contributed by atoms with Gasteiger partial charge in [-0.2, -0.15) is 4.98 Å². The molecule has 0 aliphatic carbocycles. The zero-order valence-electron chi connectivity index (χ0n) is 16.5. The Labute approximate surface area is 177 Å². The van der Waals surface area contributed by atoms with Crippen molar-refractivity contribution >= 4 is 24.2 Å². The molecule has 0 bridgehead atoms. The summed E-state index contributed by atoms with van der Waals surface area (Å²) in [6.07, 6.45) is -3.74. The van der Waals surface area contributed by atoms with Crippen LogP contribution in [0.4, 0.5) is 19.0 Å². The lowest BCUT2D eigenvalue weighted by Gasteiger charge is -2.16. The summed E-state index contributed by atoms with van der Waals surface area (Å²) >= 11 is 0. The first-order chi connectivity index (χ1) is 15.1. The van der Waals surface area contributed by atoms with E-state index < -0.39 is 43.0 Å². The lowest BCUT2D eigenvalue weighted by Crippen LogP contribution is -2.29. The van der Waals surface area contributed by atoms with E-state index in [0.717, 1.165) is 10.8 Å². The Kier molecular flexibility index (Phi) is 8.71. The van der Waals surface area contributed by atoms with Crippen molar-refractivity contribution in [1.82, 2.24) is 9.55 Å². The number of aliphatic imine (C=N–C) groups is 1. The number of hydrogen-bond acceptors (Lipinski definition) is 9. The molecule has 2 rings (SSSR count). The molecule has 0 spiro atoms. The molecule has 2 heterocycles. The minimum absolute atomic E-state index is 0.0912. The third kappa shape index (κ3) is 7.35. The van der Waals surface area contributed by atoms with Gasteiger partial charge >= 0.3 is 12.1 Å². The third-order valence-corrected chi connectivity index (χ3v) is 3.94. The van der Waals surface area contributed by atoms with E-state index in [4.69, 9.17) is 15.0 Å². The monoisotopic (exact) mass is 461 g/mol. The zero-order chi connectivity index (χ0) is 23.7. The Morgan fingerprint density at radius 2 is 2.31 bits per heavy atom. The highest BCUT2D eigenvalue weighted by Crippen LogP contribution is 2.30. The van der Waals surface area contributed by atoms with Crippen molar-refractivity contribution in [2.75, 3.05) is 18.7 Å². The lowest BCUT2D eigenvalue weighted by atomic mass is 10.2. The summed E-state index contributed by atoms with van der Waals surface area (Å²) in [7, 11) is 0. The third-order valence-electron chi connectivity index (χ3n) is 3.94. The van der Waals surface area contributed by atoms with E-state index in [-0.39, 0.29) is 30.9 Å². The summed E-state index contributed by atoms with van der Waals surface area (Å²) in [6, 6.07) is 0. The van der Waals surface area contributed by atoms with E-state index in [1.165, 1.54) is 19.2 Å². The quantitative estimate of drug-likeness (QED) is 0.185. The van der Waals surface area contributed by atoms with Crippen LogP contribution >= 0.6 is 0 Å². The van der Waals surface area contributed by atoms with E-state index in [9.17, 15) is 27.9 Å². The molecule has 0 radical (unpaired) electrons. The van der Waals surface area contributed by atoms with Gasteiger partial charge in [-0.25, -0.2) is 9.79 Å². The van der Waals surface area contributed by atoms with Crippen LogP contribution in [0.15, 0.2) is 27.3 Å². The first kappa shape index (κ1) is 24.8. The molecular formula is C16H18F3N7O6. The molecule has 13 nitrogen and oxygen atoms in total. The zero-order valence-corrected chi connectivity index (χ0v) is 16.5. The summed E-state index contributed by atoms with van der Waals surface area (Å²) in [5.74, 6) is -0.702. The molecule has 1 amide bonds. The van der Waals surface area contributed by atoms with Gasteiger partial charge in [0.15, 0.2) is 6.40 Å². The molecule has 3 atom stereocenters. The SMILES string of the molecule is CC(=O)Nc1nc(=O)n(C2CC(OCN=[N+]=[N-])C(CO)O2)cc1/C=C/N=COC(F)(F)F. The number of aliphatic hydroxyl groups is 1. The number of amides is 1. The predicted molar refractivity (Wildman–Crippen MR) is 102 cm³/mol. The highest BCUT2D eigenvalue weighted by Gasteiger charge is 2.37. The highest BCUT2D eigenvalue weighted by atomic mass is 19.4. The molecular weight excluding hydrogens is 443 g/mol. The number of aromatic nitrogens is 2. The van der Waals surface area contributed by atoms with Crippen LogP contribution in [0.1, 0.15) is 25.1 Å². The highest BCUT2D eigenvalue weighted by molar-refractivity contribution is 5.89. The van der Waals surface area contributed by atoms with Crippen LogP contribution < -0.4 is 11.0 Å². The Morgan fingerprint density at radius 3 is 2.94 bits per heavy atom. The molecule has 3 unspecified atom stereocenters. The molecule has 0 saturated carbocycles. The van der Waals surface area contributed by atoms with Crippen molar-refractivity contribution in [3.63, 3.8) is 0 Å². The number of alkyl halides is 3. The smallest absolute Gasteiger partial charge is 0.395 e. The molecule has 174 valence electrons. The normalized spacial score (nSPS) is 21.1. The second-order valence-corrected chi connectivity index (χ2v) is 6.16. The minimum Gasteiger partial charge on any atom is -0.395 e. The lowest BCUT2D eigenvalue weighted by molar-refractivity contribution is -0.280. The fourth-order valence-corrected chi connectivity index (χ4v) is 2.69. The number of ether oxygens (including phenoxy) is 3. The van der Waals surface area contributed by atoms with E-state index in [1.54, 1.807) is 0 Å². The van der Waals surface area contributed by atoms with Crippen molar-refractivity contribution < 1.29 is 37.3 Å². The fraction of sp³-hybridized carbons (Fsp3) is 0.500. The molecule has 16 heteroatoms. The predicted octanol–water partition coefficient (Wildman–Crippen LogP) is 1.67. The molecule has 1 aromatic rings. The van der Waals surface area contributed by atoms with Gasteiger partial charge in [-0.15, -0.1) is 13.2 Å². The number of aliphatic hydroxyl groups excluding tert-OH is 1. The summed E-state index contributed by atoms with van der Waals surface area (Å²) in [5.41, 5.74) is 7.63. The molecule has 32 heavy (non-hydrogen) atoms. The summed E-state index contributed by atoms with van der Waals surface area (Å²) in [4.78, 5) is 33.5. The number of hydrogen-bond donors (Lipinski definition) is 2. The van der Waals surface area contributed by atoms with E-state index in [1.807, 2.05) is 0 Å². The van der Waals surface area contributed by atoms with Crippen molar-refractivity contribution in [2.45, 2.75) is 38.1 Å². The molecule has 2 N–H and O–H groups in total. The Balaban J connectivity index is 2.29. The van der Waals surface area contributed by atoms with Gasteiger partial charge in [-0.3, -0.25) is 9.36 Å². The number of anilines is 1. The van der Waals surface area contributed by atoms with Crippen molar-refractivity contribution in [2.24, 2.45) is 10.1 Å². The average molecular weight is 461 g/mol. The largest absolute Gasteiger partial charge is 0.573 e. The fourth-order valence-electron chi connectivity index (χ4n) is 2.69. The number of azide groups is 1. The van der Waals surface area contributed by atoms with Gasteiger partial charge in [0.05, 0.1) is 12.7 Å². The number of nitrogens with zero attached hydrogens (tertiary/aromatic N) is 6. The maximum atomic E-state index is 12.5. The Bertz CT molecular complexity index is 974. The van der Waals surface area contributed by atoms with Gasteiger partial charge < -0.3 is 24.6 Å². The maximum absolute atomic E-state index is 12.5. The number of rotatable bonds is 9. The minimum atomic E-state index is -4.90. The van der Waals surface area contributed by atoms with Gasteiger partial charge in [0.1, 0.15) is 24.9 Å². The number of nitrogens with one attached hydrogen (secondary N) is 1. The summed E-state index contributed by atoms with van der Waals surface area (Å²) in [6.45, 7) is 0.423. The average Bonchev–Trinajstić information content (AvgIpc) is 3.11. The van der Waals surface area contributed by atoms with Crippen molar-refractivity contribution in [1.29, 1.82) is 0 Å². The Morgan fingerprint density at radius 1 is 1.56 bits per heavy atom. The topological polar surface area (TPSA) is 173 Å². The van der Waals surface area contributed by atoms with Crippen LogP contribution in [0.2, 0.25) is 0 Å². The van der Waals surface area contributed by atoms with Gasteiger partial charge in [0, 0.05) is 36.2 Å². The van der Waals surface area contributed by atoms with Crippen LogP contribution in [-0.2, 0) is 19.0 Å². The molecule has 1 aliphatic rings. The first-order valence-electron chi connectivity index (χ1n) is 8.87. The first-order valence-corrected chi connectivity index (χ1v) is 8.87. The van der Waals surface area contributed by atoms with Crippen LogP contribution in [0.25, 0.3) is 16.5 Å². The van der Waals surface area contributed by atoms with Gasteiger partial charge in [-0.05, 0) is 11.6 Å². The Hall–Kier alpha value is -3.46. The van der Waals surface area contributed by atoms with E-state index in [2.05, 4.69) is 30.1 Å². The maximum Gasteiger partial charge on any atom is 0.573 e. The number of halogens is 3. The number of carbonyl (C=O) groups is 1. The number of carbonyl (C=O) groups excluding carboxylic acids is 1. The van der Waals surface area contributed by atoms with Crippen molar-refractivity contribution in [3.05, 3.63) is 38.9 Å². The summed E-state index contributed by atoms with van der Waals surface area (Å²) < 4.78 is 51.3. The standard InChI is InChI=1S/C16H18F3N7O6/c1-9(28)23-14-10(2-3-21-7-31-16(17,18)19)5-26(15(29)24-14)13-4-11(12(6-27)32-13)30-8-22-25-20/h2-3,5,7,11-13,27H,4,6,8H2,1H3,(H,23,24,28,29)/b3-2+,21-7?. The van der Waals surface area contributed by atoms with Gasteiger partial charge in [0.25, 0.3) is 0 Å². The van der Waals surface area contributed by atoms with Crippen molar-refractivity contribution in [3.8, 4) is 0 Å². The van der Waals surface area contributed by atoms with E-state index in [0.29, 0.717) is 0 Å². The second kappa shape index (κ2) is 11.2. The van der Waals surface area contributed by atoms with Crippen LogP contribution in [-0.4, -0.2) is 58.9 Å². The van der Waals surface area contributed by atoms with Gasteiger partial charge in [0.2, 0.25) is 5.91 Å². The summed E-state index contributed by atoms with van der Waals surface area (Å²) in [5, 5.41) is 15.0. The molecule has 1 fully saturated rings. The molecule has 0 aromatic carbocycles. The molecule has 1 aromatic heterocycles. The molecule has 1 saturated heterocycles. The van der Waals surface area contributed by atoms with Gasteiger partial charge in [-0.1, -0.05) is 5.11 Å². The van der Waals surface area contributed by atoms with Crippen LogP contribution in [0, 0.1) is 0 Å². The van der Waals surface area contributed by atoms with Crippen LogP contribution in [0.5, 0.6) is 0 Å². The van der Waals surface area contributed by atoms with Crippen LogP contribution in [0.3, 0.4) is 0 Å².